The Kier molecular flexibility index (Phi) is 2.61. The molecule has 1 aliphatic heterocycles. The van der Waals surface area contributed by atoms with Gasteiger partial charge in [-0.3, -0.25) is 4.68 Å². The molecule has 2 rings (SSSR count). The maximum absolute atomic E-state index is 5.63. The van der Waals surface area contributed by atoms with E-state index in [-0.39, 0.29) is 0 Å². The summed E-state index contributed by atoms with van der Waals surface area (Å²) < 4.78 is 2.08. The third kappa shape index (κ3) is 1.73. The van der Waals surface area contributed by atoms with Gasteiger partial charge in [0.25, 0.3) is 0 Å². The lowest BCUT2D eigenvalue weighted by Crippen LogP contribution is -2.30. The largest absolute Gasteiger partial charge is 0.325 e. The van der Waals surface area contributed by atoms with E-state index in [1.54, 1.807) is 0 Å². The van der Waals surface area contributed by atoms with Crippen LogP contribution in [0.1, 0.15) is 24.6 Å². The first-order chi connectivity index (χ1) is 6.42. The standard InChI is InChI=1S/C9H16N4/c10-7-9-3-6-12-13(9)8-1-4-11-5-2-8/h3,6,8,11H,1-2,4-5,7,10H2. The first kappa shape index (κ1) is 8.72. The van der Waals surface area contributed by atoms with E-state index in [0.717, 1.165) is 31.6 Å². The Morgan fingerprint density at radius 3 is 3.00 bits per heavy atom. The zero-order valence-electron chi connectivity index (χ0n) is 7.74. The number of hydrogen-bond donors (Lipinski definition) is 2. The molecule has 2 heterocycles. The molecule has 0 bridgehead atoms. The number of hydrogen-bond acceptors (Lipinski definition) is 3. The van der Waals surface area contributed by atoms with Gasteiger partial charge in [0.05, 0.1) is 11.7 Å². The Morgan fingerprint density at radius 1 is 1.54 bits per heavy atom. The number of nitrogens with zero attached hydrogens (tertiary/aromatic N) is 2. The Balaban J connectivity index is 2.13. The van der Waals surface area contributed by atoms with Crippen LogP contribution >= 0.6 is 0 Å². The Bertz CT molecular complexity index is 262. The third-order valence-corrected chi connectivity index (χ3v) is 2.62. The van der Waals surface area contributed by atoms with E-state index >= 15 is 0 Å². The molecule has 3 N–H and O–H groups in total. The quantitative estimate of drug-likeness (QED) is 0.686. The lowest BCUT2D eigenvalue weighted by atomic mass is 10.1. The van der Waals surface area contributed by atoms with Crippen LogP contribution in [0.5, 0.6) is 0 Å². The molecule has 1 saturated heterocycles. The summed E-state index contributed by atoms with van der Waals surface area (Å²) in [7, 11) is 0. The van der Waals surface area contributed by atoms with E-state index < -0.39 is 0 Å². The van der Waals surface area contributed by atoms with Gasteiger partial charge in [0.2, 0.25) is 0 Å². The van der Waals surface area contributed by atoms with Crippen LogP contribution in [0.25, 0.3) is 0 Å². The second-order valence-corrected chi connectivity index (χ2v) is 3.45. The van der Waals surface area contributed by atoms with Gasteiger partial charge in [-0.25, -0.2) is 0 Å². The predicted molar refractivity (Wildman–Crippen MR) is 51.3 cm³/mol. The smallest absolute Gasteiger partial charge is 0.0547 e. The summed E-state index contributed by atoms with van der Waals surface area (Å²) in [5.41, 5.74) is 6.77. The van der Waals surface area contributed by atoms with Gasteiger partial charge in [0.1, 0.15) is 0 Å². The zero-order chi connectivity index (χ0) is 9.10. The van der Waals surface area contributed by atoms with Gasteiger partial charge in [-0.15, -0.1) is 0 Å². The van der Waals surface area contributed by atoms with Gasteiger partial charge in [0.15, 0.2) is 0 Å². The fourth-order valence-corrected chi connectivity index (χ4v) is 1.88. The number of aromatic nitrogens is 2. The lowest BCUT2D eigenvalue weighted by Gasteiger charge is -2.24. The van der Waals surface area contributed by atoms with E-state index in [4.69, 9.17) is 5.73 Å². The van der Waals surface area contributed by atoms with E-state index in [0.29, 0.717) is 12.6 Å². The molecule has 13 heavy (non-hydrogen) atoms. The molecule has 1 aromatic rings. The number of nitrogens with one attached hydrogen (secondary N) is 1. The minimum absolute atomic E-state index is 0.551. The highest BCUT2D eigenvalue weighted by Crippen LogP contribution is 2.18. The number of rotatable bonds is 2. The van der Waals surface area contributed by atoms with Gasteiger partial charge in [0, 0.05) is 12.7 Å². The molecular weight excluding hydrogens is 164 g/mol. The van der Waals surface area contributed by atoms with Crippen LogP contribution in [0.4, 0.5) is 0 Å². The van der Waals surface area contributed by atoms with Crippen molar-refractivity contribution in [3.63, 3.8) is 0 Å². The minimum Gasteiger partial charge on any atom is -0.325 e. The van der Waals surface area contributed by atoms with Gasteiger partial charge in [-0.2, -0.15) is 5.10 Å². The van der Waals surface area contributed by atoms with Crippen LogP contribution in [-0.4, -0.2) is 22.9 Å². The minimum atomic E-state index is 0.551. The maximum Gasteiger partial charge on any atom is 0.0547 e. The molecule has 1 aromatic heterocycles. The molecule has 0 unspecified atom stereocenters. The van der Waals surface area contributed by atoms with Crippen LogP contribution in [0.15, 0.2) is 12.3 Å². The van der Waals surface area contributed by atoms with E-state index in [1.807, 2.05) is 12.3 Å². The zero-order valence-corrected chi connectivity index (χ0v) is 7.74. The van der Waals surface area contributed by atoms with Crippen LogP contribution in [0.2, 0.25) is 0 Å². The average Bonchev–Trinajstić information content (AvgIpc) is 2.67. The Morgan fingerprint density at radius 2 is 2.31 bits per heavy atom. The predicted octanol–water partition coefficient (Wildman–Crippen LogP) is 0.266. The summed E-state index contributed by atoms with van der Waals surface area (Å²) in [6.07, 6.45) is 4.16. The first-order valence-corrected chi connectivity index (χ1v) is 4.85. The number of nitrogens with two attached hydrogens (primary N) is 1. The summed E-state index contributed by atoms with van der Waals surface area (Å²) in [6.45, 7) is 2.77. The van der Waals surface area contributed by atoms with E-state index in [9.17, 15) is 0 Å². The monoisotopic (exact) mass is 180 g/mol. The molecule has 4 heteroatoms. The average molecular weight is 180 g/mol. The van der Waals surface area contributed by atoms with Crippen molar-refractivity contribution in [3.05, 3.63) is 18.0 Å². The van der Waals surface area contributed by atoms with Crippen molar-refractivity contribution in [1.29, 1.82) is 0 Å². The van der Waals surface area contributed by atoms with Gasteiger partial charge in [-0.1, -0.05) is 0 Å². The normalized spacial score (nSPS) is 19.2. The summed E-state index contributed by atoms with van der Waals surface area (Å²) in [6, 6.07) is 2.55. The van der Waals surface area contributed by atoms with Gasteiger partial charge in [-0.05, 0) is 32.0 Å². The molecule has 0 radical (unpaired) electrons. The van der Waals surface area contributed by atoms with Crippen molar-refractivity contribution in [1.82, 2.24) is 15.1 Å². The molecular formula is C9H16N4. The van der Waals surface area contributed by atoms with Crippen molar-refractivity contribution >= 4 is 0 Å². The van der Waals surface area contributed by atoms with Crippen LogP contribution in [-0.2, 0) is 6.54 Å². The highest BCUT2D eigenvalue weighted by molar-refractivity contribution is 5.01. The molecule has 0 aliphatic carbocycles. The summed E-state index contributed by atoms with van der Waals surface area (Å²) in [5.74, 6) is 0. The maximum atomic E-state index is 5.63. The van der Waals surface area contributed by atoms with Gasteiger partial charge >= 0.3 is 0 Å². The van der Waals surface area contributed by atoms with Crippen molar-refractivity contribution in [2.24, 2.45) is 5.73 Å². The van der Waals surface area contributed by atoms with Crippen LogP contribution < -0.4 is 11.1 Å². The second kappa shape index (κ2) is 3.89. The van der Waals surface area contributed by atoms with E-state index in [2.05, 4.69) is 15.1 Å². The number of piperidine rings is 1. The van der Waals surface area contributed by atoms with Crippen molar-refractivity contribution in [2.45, 2.75) is 25.4 Å². The summed E-state index contributed by atoms with van der Waals surface area (Å²) in [5, 5.41) is 7.66. The topological polar surface area (TPSA) is 55.9 Å². The second-order valence-electron chi connectivity index (χ2n) is 3.45. The molecule has 0 saturated carbocycles. The van der Waals surface area contributed by atoms with Crippen LogP contribution in [0, 0.1) is 0 Å². The molecule has 72 valence electrons. The molecule has 0 amide bonds. The molecule has 1 aliphatic rings. The highest BCUT2D eigenvalue weighted by atomic mass is 15.3. The Labute approximate surface area is 78.1 Å². The van der Waals surface area contributed by atoms with Gasteiger partial charge < -0.3 is 11.1 Å². The van der Waals surface area contributed by atoms with Crippen molar-refractivity contribution in [3.8, 4) is 0 Å². The molecule has 0 spiro atoms. The first-order valence-electron chi connectivity index (χ1n) is 4.85. The summed E-state index contributed by atoms with van der Waals surface area (Å²) >= 11 is 0. The highest BCUT2D eigenvalue weighted by Gasteiger charge is 2.16. The molecule has 0 aromatic carbocycles. The molecule has 0 atom stereocenters. The SMILES string of the molecule is NCc1ccnn1C1CCNCC1. The molecule has 1 fully saturated rings. The van der Waals surface area contributed by atoms with Crippen LogP contribution in [0.3, 0.4) is 0 Å². The van der Waals surface area contributed by atoms with E-state index in [1.165, 1.54) is 0 Å². The van der Waals surface area contributed by atoms with Crippen molar-refractivity contribution in [2.75, 3.05) is 13.1 Å². The third-order valence-electron chi connectivity index (χ3n) is 2.62. The van der Waals surface area contributed by atoms with Crippen molar-refractivity contribution < 1.29 is 0 Å². The fourth-order valence-electron chi connectivity index (χ4n) is 1.88. The Hall–Kier alpha value is -0.870. The summed E-state index contributed by atoms with van der Waals surface area (Å²) in [4.78, 5) is 0. The lowest BCUT2D eigenvalue weighted by molar-refractivity contribution is 0.335. The fraction of sp³-hybridized carbons (Fsp3) is 0.667. The molecule has 4 nitrogen and oxygen atoms in total.